The molecule has 0 aromatic rings. The molecule has 0 spiro atoms. The Morgan fingerprint density at radius 1 is 1.43 bits per heavy atom. The summed E-state index contributed by atoms with van der Waals surface area (Å²) in [6, 6.07) is 0. The van der Waals surface area contributed by atoms with Crippen molar-refractivity contribution < 1.29 is 14.3 Å². The number of hydrogen-bond acceptors (Lipinski definition) is 3. The van der Waals surface area contributed by atoms with E-state index in [1.165, 1.54) is 32.6 Å². The summed E-state index contributed by atoms with van der Waals surface area (Å²) in [6.07, 6.45) is 9.78. The number of esters is 1. The van der Waals surface area contributed by atoms with Crippen LogP contribution in [-0.2, 0) is 14.3 Å². The quantitative estimate of drug-likeness (QED) is 0.568. The lowest BCUT2D eigenvalue weighted by Gasteiger charge is -2.42. The van der Waals surface area contributed by atoms with Crippen molar-refractivity contribution in [2.45, 2.75) is 65.6 Å². The predicted octanol–water partition coefficient (Wildman–Crippen LogP) is 4.07. The van der Waals surface area contributed by atoms with Crippen LogP contribution in [0.5, 0.6) is 0 Å². The first-order chi connectivity index (χ1) is 9.98. The maximum atomic E-state index is 11.2. The van der Waals surface area contributed by atoms with E-state index in [0.717, 1.165) is 18.8 Å². The van der Waals surface area contributed by atoms with Gasteiger partial charge >= 0.3 is 5.97 Å². The number of rotatable bonds is 2. The van der Waals surface area contributed by atoms with Crippen molar-refractivity contribution in [2.24, 2.45) is 23.2 Å². The largest absolute Gasteiger partial charge is 0.436 e. The van der Waals surface area contributed by atoms with Crippen LogP contribution in [0.15, 0.2) is 11.6 Å². The maximum Gasteiger partial charge on any atom is 0.304 e. The molecule has 2 fully saturated rings. The highest BCUT2D eigenvalue weighted by atomic mass is 16.7. The third-order valence-corrected chi connectivity index (χ3v) is 5.80. The van der Waals surface area contributed by atoms with Crippen molar-refractivity contribution >= 4 is 5.97 Å². The van der Waals surface area contributed by atoms with Gasteiger partial charge in [0.15, 0.2) is 0 Å². The molecule has 21 heavy (non-hydrogen) atoms. The molecule has 3 nitrogen and oxygen atoms in total. The summed E-state index contributed by atoms with van der Waals surface area (Å²) in [4.78, 5) is 11.2. The summed E-state index contributed by atoms with van der Waals surface area (Å²) >= 11 is 0. The van der Waals surface area contributed by atoms with Crippen molar-refractivity contribution in [3.8, 4) is 0 Å². The molecule has 3 rings (SSSR count). The van der Waals surface area contributed by atoms with Gasteiger partial charge in [-0.2, -0.15) is 0 Å². The van der Waals surface area contributed by atoms with Gasteiger partial charge in [0.25, 0.3) is 0 Å². The van der Waals surface area contributed by atoms with Gasteiger partial charge in [-0.3, -0.25) is 4.79 Å². The molecule has 0 radical (unpaired) electrons. The van der Waals surface area contributed by atoms with Crippen molar-refractivity contribution in [1.29, 1.82) is 0 Å². The van der Waals surface area contributed by atoms with Crippen molar-refractivity contribution in [1.82, 2.24) is 0 Å². The zero-order valence-corrected chi connectivity index (χ0v) is 13.6. The minimum absolute atomic E-state index is 0.233. The molecule has 0 aromatic heterocycles. The minimum Gasteiger partial charge on any atom is -0.436 e. The first-order valence-corrected chi connectivity index (χ1v) is 8.48. The highest BCUT2D eigenvalue weighted by Gasteiger charge is 2.43. The smallest absolute Gasteiger partial charge is 0.304 e. The van der Waals surface area contributed by atoms with Gasteiger partial charge in [-0.25, -0.2) is 0 Å². The van der Waals surface area contributed by atoms with E-state index in [2.05, 4.69) is 19.9 Å². The molecule has 3 heteroatoms. The van der Waals surface area contributed by atoms with Gasteiger partial charge in [0.2, 0.25) is 6.29 Å². The summed E-state index contributed by atoms with van der Waals surface area (Å²) in [6.45, 7) is 7.01. The summed E-state index contributed by atoms with van der Waals surface area (Å²) < 4.78 is 11.0. The Morgan fingerprint density at radius 2 is 2.24 bits per heavy atom. The van der Waals surface area contributed by atoms with Gasteiger partial charge in [0.05, 0.1) is 6.61 Å². The van der Waals surface area contributed by atoms with E-state index in [1.807, 2.05) is 0 Å². The van der Waals surface area contributed by atoms with Crippen LogP contribution in [-0.4, -0.2) is 18.9 Å². The molecule has 0 amide bonds. The van der Waals surface area contributed by atoms with Gasteiger partial charge in [0.1, 0.15) is 0 Å². The molecule has 5 atom stereocenters. The molecule has 0 aromatic carbocycles. The molecule has 3 aliphatic rings. The van der Waals surface area contributed by atoms with E-state index >= 15 is 0 Å². The number of hydrogen-bond donors (Lipinski definition) is 0. The second kappa shape index (κ2) is 5.75. The second-order valence-corrected chi connectivity index (χ2v) is 7.63. The summed E-state index contributed by atoms with van der Waals surface area (Å²) in [5.41, 5.74) is 2.03. The van der Waals surface area contributed by atoms with E-state index in [0.29, 0.717) is 23.9 Å². The fourth-order valence-electron chi connectivity index (χ4n) is 4.73. The van der Waals surface area contributed by atoms with Gasteiger partial charge < -0.3 is 9.47 Å². The van der Waals surface area contributed by atoms with E-state index in [4.69, 9.17) is 9.47 Å². The first kappa shape index (κ1) is 15.1. The normalized spacial score (nSPS) is 43.1. The first-order valence-electron chi connectivity index (χ1n) is 8.48. The van der Waals surface area contributed by atoms with Crippen LogP contribution in [0.3, 0.4) is 0 Å². The summed E-state index contributed by atoms with van der Waals surface area (Å²) in [5.74, 6) is 1.41. The van der Waals surface area contributed by atoms with Gasteiger partial charge in [-0.05, 0) is 37.0 Å². The van der Waals surface area contributed by atoms with Crippen molar-refractivity contribution in [3.63, 3.8) is 0 Å². The molecule has 1 aliphatic heterocycles. The number of allylic oxidation sites excluding steroid dienone is 1. The SMILES string of the molecule is CC(=O)O[C@H]1OC[C@@H]2C=C([C@@]3(C)CCC[C@H](C)C3)CC[C@H]12. The third kappa shape index (κ3) is 3.03. The van der Waals surface area contributed by atoms with Crippen LogP contribution in [0.1, 0.15) is 59.3 Å². The molecule has 2 aliphatic carbocycles. The molecular formula is C18H28O3. The summed E-state index contributed by atoms with van der Waals surface area (Å²) in [7, 11) is 0. The van der Waals surface area contributed by atoms with E-state index in [9.17, 15) is 4.79 Å². The van der Waals surface area contributed by atoms with Gasteiger partial charge in [0, 0.05) is 18.8 Å². The van der Waals surface area contributed by atoms with Crippen molar-refractivity contribution in [2.75, 3.05) is 6.61 Å². The Morgan fingerprint density at radius 3 is 2.95 bits per heavy atom. The molecule has 1 saturated carbocycles. The monoisotopic (exact) mass is 292 g/mol. The molecule has 0 N–H and O–H groups in total. The Balaban J connectivity index is 1.72. The number of ether oxygens (including phenoxy) is 2. The molecule has 1 heterocycles. The van der Waals surface area contributed by atoms with Crippen LogP contribution >= 0.6 is 0 Å². The van der Waals surface area contributed by atoms with Crippen LogP contribution in [0.2, 0.25) is 0 Å². The van der Waals surface area contributed by atoms with E-state index in [1.54, 1.807) is 5.57 Å². The lowest BCUT2D eigenvalue weighted by molar-refractivity contribution is -0.173. The van der Waals surface area contributed by atoms with Gasteiger partial charge in [-0.1, -0.05) is 38.3 Å². The second-order valence-electron chi connectivity index (χ2n) is 7.63. The molecule has 1 saturated heterocycles. The standard InChI is InChI=1S/C18H28O3/c1-12-5-4-8-18(3,10-12)15-6-7-16-14(9-15)11-20-17(16)21-13(2)19/h9,12,14,16-17H,4-8,10-11H2,1-3H3/t12-,14-,16-,17+,18-/m0/s1. The average molecular weight is 292 g/mol. The number of fused-ring (bicyclic) bond motifs is 1. The minimum atomic E-state index is -0.316. The average Bonchev–Trinajstić information content (AvgIpc) is 2.80. The zero-order valence-electron chi connectivity index (χ0n) is 13.6. The Bertz CT molecular complexity index is 442. The van der Waals surface area contributed by atoms with Crippen LogP contribution in [0.4, 0.5) is 0 Å². The molecule has 118 valence electrons. The highest BCUT2D eigenvalue weighted by Crippen LogP contribution is 2.50. The maximum absolute atomic E-state index is 11.2. The topological polar surface area (TPSA) is 35.5 Å². The Labute approximate surface area is 128 Å². The molecular weight excluding hydrogens is 264 g/mol. The van der Waals surface area contributed by atoms with Crippen LogP contribution in [0, 0.1) is 23.2 Å². The van der Waals surface area contributed by atoms with Crippen LogP contribution in [0.25, 0.3) is 0 Å². The molecule has 0 bridgehead atoms. The predicted molar refractivity (Wildman–Crippen MR) is 81.5 cm³/mol. The van der Waals surface area contributed by atoms with E-state index in [-0.39, 0.29) is 12.3 Å². The van der Waals surface area contributed by atoms with Crippen LogP contribution < -0.4 is 0 Å². The van der Waals surface area contributed by atoms with E-state index < -0.39 is 0 Å². The van der Waals surface area contributed by atoms with Gasteiger partial charge in [-0.15, -0.1) is 0 Å². The fourth-order valence-corrected chi connectivity index (χ4v) is 4.73. The number of carbonyl (C=O) groups is 1. The molecule has 0 unspecified atom stereocenters. The van der Waals surface area contributed by atoms with Crippen molar-refractivity contribution in [3.05, 3.63) is 11.6 Å². The number of carbonyl (C=O) groups excluding carboxylic acids is 1. The lowest BCUT2D eigenvalue weighted by atomic mass is 9.63. The highest BCUT2D eigenvalue weighted by molar-refractivity contribution is 5.66. The fraction of sp³-hybridized carbons (Fsp3) is 0.833. The Hall–Kier alpha value is -0.830. The third-order valence-electron chi connectivity index (χ3n) is 5.80. The zero-order chi connectivity index (χ0) is 15.0. The lowest BCUT2D eigenvalue weighted by Crippen LogP contribution is -2.32. The summed E-state index contributed by atoms with van der Waals surface area (Å²) in [5, 5.41) is 0. The Kier molecular flexibility index (Phi) is 4.13.